The molecule has 4 amide bonds. The molecule has 57 heavy (non-hydrogen) atoms. The largest absolute Gasteiger partial charge is 0.497 e. The second-order valence-electron chi connectivity index (χ2n) is 16.3. The normalized spacial score (nSPS) is 26.6. The number of pyridine rings is 1. The fraction of sp³-hybridized carbons (Fsp3) is 0.538. The molecule has 1 saturated heterocycles. The van der Waals surface area contributed by atoms with E-state index < -0.39 is 74.3 Å². The van der Waals surface area contributed by atoms with E-state index in [1.54, 1.807) is 57.1 Å². The number of alkyl carbamates (subject to hydrolysis) is 1. The van der Waals surface area contributed by atoms with Crippen molar-refractivity contribution < 1.29 is 41.8 Å². The molecule has 2 aromatic heterocycles. The molecule has 306 valence electrons. The average molecular weight is 807 g/mol. The molecule has 17 nitrogen and oxygen atoms in total. The lowest BCUT2D eigenvalue weighted by Crippen LogP contribution is -2.59. The van der Waals surface area contributed by atoms with E-state index in [-0.39, 0.29) is 31.8 Å². The Labute approximate surface area is 331 Å². The maximum atomic E-state index is 14.7. The maximum absolute atomic E-state index is 14.7. The van der Waals surface area contributed by atoms with Gasteiger partial charge in [-0.1, -0.05) is 12.2 Å². The molecule has 2 aliphatic heterocycles. The highest BCUT2D eigenvalue weighted by Gasteiger charge is 2.62. The minimum atomic E-state index is -3.92. The molecule has 2 saturated carbocycles. The number of aromatic nitrogens is 3. The summed E-state index contributed by atoms with van der Waals surface area (Å²) in [7, 11) is -0.510. The molecule has 4 aliphatic rings. The van der Waals surface area contributed by atoms with Gasteiger partial charge >= 0.3 is 6.09 Å². The first kappa shape index (κ1) is 40.0. The first-order valence-electron chi connectivity index (χ1n) is 19.2. The lowest BCUT2D eigenvalue weighted by molar-refractivity contribution is -0.141. The predicted molar refractivity (Wildman–Crippen MR) is 208 cm³/mol. The van der Waals surface area contributed by atoms with Gasteiger partial charge in [-0.15, -0.1) is 0 Å². The van der Waals surface area contributed by atoms with Crippen LogP contribution in [0.15, 0.2) is 54.9 Å². The summed E-state index contributed by atoms with van der Waals surface area (Å²) in [4.78, 5) is 64.2. The van der Waals surface area contributed by atoms with E-state index in [0.29, 0.717) is 49.2 Å². The lowest BCUT2D eigenvalue weighted by Gasteiger charge is -2.32. The van der Waals surface area contributed by atoms with Gasteiger partial charge in [0.05, 0.1) is 18.9 Å². The fourth-order valence-electron chi connectivity index (χ4n) is 7.41. The number of fused-ring (bicyclic) bond motifs is 3. The Hall–Kier alpha value is -5.23. The quantitative estimate of drug-likeness (QED) is 0.281. The first-order chi connectivity index (χ1) is 27.0. The molecule has 4 heterocycles. The summed E-state index contributed by atoms with van der Waals surface area (Å²) < 4.78 is 47.2. The van der Waals surface area contributed by atoms with Crippen LogP contribution in [0.3, 0.4) is 0 Å². The summed E-state index contributed by atoms with van der Waals surface area (Å²) in [6.07, 6.45) is 8.00. The van der Waals surface area contributed by atoms with E-state index in [1.165, 1.54) is 4.90 Å². The highest BCUT2D eigenvalue weighted by Crippen LogP contribution is 2.46. The SMILES string of the molecule is COc1ccc2c(OC3C[C@H]4C(=O)N[C@]5(C(=O)NS(=O)(=O)C6CC6)C[C@H]5/C=C\CCCN(C)C[C@H](NC(=O)OC(C)(C)C)C(=O)N4C3)nc(-n3cccn3)cc2c1. The van der Waals surface area contributed by atoms with Gasteiger partial charge in [0.25, 0.3) is 5.91 Å². The third kappa shape index (κ3) is 9.01. The third-order valence-corrected chi connectivity index (χ3v) is 12.4. The Balaban J connectivity index is 1.24. The number of benzene rings is 1. The van der Waals surface area contributed by atoms with Crippen LogP contribution in [0.25, 0.3) is 16.6 Å². The summed E-state index contributed by atoms with van der Waals surface area (Å²) in [5, 5.41) is 10.7. The molecule has 7 rings (SSSR count). The van der Waals surface area contributed by atoms with Crippen LogP contribution in [-0.4, -0.2) is 125 Å². The predicted octanol–water partition coefficient (Wildman–Crippen LogP) is 2.44. The molecule has 0 radical (unpaired) electrons. The minimum absolute atomic E-state index is 0.00350. The third-order valence-electron chi connectivity index (χ3n) is 10.6. The number of hydrogen-bond donors (Lipinski definition) is 3. The number of carbonyl (C=O) groups is 4. The standard InChI is InChI=1S/C39H50N8O9S/c1-38(2,3)56-37(51)41-30-23-45(4)16-8-6-7-10-25-21-39(25,36(50)44-57(52,53)28-12-13-28)43-33(48)31-20-27(22-46(31)35(30)49)55-34-29-14-11-26(54-5)18-24(29)19-32(42-34)47-17-9-15-40-47/h7,9-11,14-15,17-19,25,27-28,30-31H,6,8,12-13,16,20-23H2,1-5H3,(H,41,51)(H,43,48)(H,44,50)/b10-7-/t25-,27?,30+,31+,39-/m1/s1. The van der Waals surface area contributed by atoms with E-state index in [4.69, 9.17) is 19.2 Å². The summed E-state index contributed by atoms with van der Waals surface area (Å²) in [5.41, 5.74) is -2.38. The van der Waals surface area contributed by atoms with Crippen LogP contribution in [0.5, 0.6) is 11.6 Å². The van der Waals surface area contributed by atoms with Crippen molar-refractivity contribution in [2.75, 3.05) is 33.8 Å². The highest BCUT2D eigenvalue weighted by molar-refractivity contribution is 7.91. The van der Waals surface area contributed by atoms with Crippen LogP contribution >= 0.6 is 0 Å². The Kier molecular flexibility index (Phi) is 10.9. The van der Waals surface area contributed by atoms with E-state index in [9.17, 15) is 27.6 Å². The zero-order valence-electron chi connectivity index (χ0n) is 32.8. The Morgan fingerprint density at radius 1 is 1.11 bits per heavy atom. The van der Waals surface area contributed by atoms with Crippen molar-refractivity contribution in [2.45, 2.75) is 93.9 Å². The second kappa shape index (κ2) is 15.6. The number of nitrogens with one attached hydrogen (secondary N) is 3. The van der Waals surface area contributed by atoms with Crippen LogP contribution in [0.1, 0.15) is 59.3 Å². The van der Waals surface area contributed by atoms with Crippen molar-refractivity contribution in [3.05, 3.63) is 54.9 Å². The molecular weight excluding hydrogens is 757 g/mol. The molecule has 2 aliphatic carbocycles. The zero-order valence-corrected chi connectivity index (χ0v) is 33.6. The molecule has 3 N–H and O–H groups in total. The van der Waals surface area contributed by atoms with Gasteiger partial charge in [0.1, 0.15) is 35.1 Å². The van der Waals surface area contributed by atoms with Gasteiger partial charge in [-0.2, -0.15) is 10.1 Å². The van der Waals surface area contributed by atoms with Gasteiger partial charge in [0.2, 0.25) is 27.7 Å². The summed E-state index contributed by atoms with van der Waals surface area (Å²) in [5.74, 6) is -1.17. The molecule has 3 aromatic rings. The number of nitrogens with zero attached hydrogens (tertiary/aromatic N) is 5. The van der Waals surface area contributed by atoms with Crippen LogP contribution < -0.4 is 24.8 Å². The number of carbonyl (C=O) groups excluding carboxylic acids is 4. The number of rotatable bonds is 8. The van der Waals surface area contributed by atoms with Gasteiger partial charge in [-0.3, -0.25) is 19.1 Å². The number of methoxy groups -OCH3 is 1. The molecule has 0 spiro atoms. The van der Waals surface area contributed by atoms with Crippen LogP contribution in [0.2, 0.25) is 0 Å². The van der Waals surface area contributed by atoms with Crippen molar-refractivity contribution >= 4 is 44.6 Å². The topological polar surface area (TPSA) is 203 Å². The first-order valence-corrected chi connectivity index (χ1v) is 20.8. The number of ether oxygens (including phenoxy) is 3. The molecular formula is C39H50N8O9S. The van der Waals surface area contributed by atoms with Crippen molar-refractivity contribution in [2.24, 2.45) is 5.92 Å². The maximum Gasteiger partial charge on any atom is 0.408 e. The lowest BCUT2D eigenvalue weighted by atomic mass is 10.1. The smallest absolute Gasteiger partial charge is 0.408 e. The van der Waals surface area contributed by atoms with Crippen molar-refractivity contribution in [3.63, 3.8) is 0 Å². The number of likely N-dealkylation sites (N-methyl/N-ethyl adjacent to an activating group) is 1. The van der Waals surface area contributed by atoms with Crippen LogP contribution in [-0.2, 0) is 29.1 Å². The highest BCUT2D eigenvalue weighted by atomic mass is 32.2. The van der Waals surface area contributed by atoms with Gasteiger partial charge in [0, 0.05) is 36.7 Å². The Bertz CT molecular complexity index is 2170. The van der Waals surface area contributed by atoms with Gasteiger partial charge in [0.15, 0.2) is 5.82 Å². The second-order valence-corrected chi connectivity index (χ2v) is 18.2. The summed E-state index contributed by atoms with van der Waals surface area (Å²) >= 11 is 0. The van der Waals surface area contributed by atoms with E-state index in [2.05, 4.69) is 20.5 Å². The van der Waals surface area contributed by atoms with Crippen molar-refractivity contribution in [3.8, 4) is 17.4 Å². The van der Waals surface area contributed by atoms with E-state index >= 15 is 0 Å². The summed E-state index contributed by atoms with van der Waals surface area (Å²) in [6.45, 7) is 5.77. The van der Waals surface area contributed by atoms with Gasteiger partial charge < -0.3 is 34.6 Å². The fourth-order valence-corrected chi connectivity index (χ4v) is 8.77. The monoisotopic (exact) mass is 806 g/mol. The summed E-state index contributed by atoms with van der Waals surface area (Å²) in [6, 6.07) is 6.73. The van der Waals surface area contributed by atoms with Crippen LogP contribution in [0, 0.1) is 5.92 Å². The molecule has 3 fully saturated rings. The minimum Gasteiger partial charge on any atom is -0.497 e. The van der Waals surface area contributed by atoms with Gasteiger partial charge in [-0.25, -0.2) is 17.9 Å². The number of hydrogen-bond acceptors (Lipinski definition) is 12. The molecule has 1 unspecified atom stereocenters. The number of amides is 4. The zero-order chi connectivity index (χ0) is 40.7. The van der Waals surface area contributed by atoms with Crippen LogP contribution in [0.4, 0.5) is 4.79 Å². The number of sulfonamides is 1. The molecule has 0 bridgehead atoms. The molecule has 18 heteroatoms. The Morgan fingerprint density at radius 2 is 1.89 bits per heavy atom. The molecule has 1 aromatic carbocycles. The van der Waals surface area contributed by atoms with Crippen molar-refractivity contribution in [1.82, 2.24) is 39.9 Å². The van der Waals surface area contributed by atoms with Crippen molar-refractivity contribution in [1.29, 1.82) is 0 Å². The van der Waals surface area contributed by atoms with E-state index in [0.717, 1.165) is 5.39 Å². The number of allylic oxidation sites excluding steroid dienone is 1. The molecule has 5 atom stereocenters. The van der Waals surface area contributed by atoms with E-state index in [1.807, 2.05) is 42.3 Å². The van der Waals surface area contributed by atoms with Gasteiger partial charge in [-0.05, 0) is 102 Å². The average Bonchev–Trinajstić information content (AvgIpc) is 4.01. The Morgan fingerprint density at radius 3 is 2.60 bits per heavy atom.